The van der Waals surface area contributed by atoms with Gasteiger partial charge in [-0.05, 0) is 107 Å². The molecule has 0 aliphatic rings. The lowest BCUT2D eigenvalue weighted by atomic mass is 9.84. The van der Waals surface area contributed by atoms with Crippen molar-refractivity contribution in [3.8, 4) is 27.9 Å². The zero-order chi connectivity index (χ0) is 33.5. The summed E-state index contributed by atoms with van der Waals surface area (Å²) in [6.07, 6.45) is 0. The smallest absolute Gasteiger partial charge is 0.0619 e. The maximum absolute atomic E-state index is 2.49. The summed E-state index contributed by atoms with van der Waals surface area (Å²) in [6, 6.07) is 69.5. The molecule has 0 unspecified atom stereocenters. The molecule has 0 saturated carbocycles. The van der Waals surface area contributed by atoms with Gasteiger partial charge in [0, 0.05) is 21.8 Å². The highest BCUT2D eigenvalue weighted by atomic mass is 15.0. The second kappa shape index (κ2) is 10.9. The summed E-state index contributed by atoms with van der Waals surface area (Å²) < 4.78 is 2.49. The Morgan fingerprint density at radius 1 is 0.275 bits per heavy atom. The Kier molecular flexibility index (Phi) is 6.02. The molecule has 0 fully saturated rings. The van der Waals surface area contributed by atoms with Crippen molar-refractivity contribution in [2.45, 2.75) is 0 Å². The number of hydrogen-bond acceptors (Lipinski definition) is 0. The van der Waals surface area contributed by atoms with Gasteiger partial charge in [0.1, 0.15) is 0 Å². The highest BCUT2D eigenvalue weighted by Gasteiger charge is 2.22. The van der Waals surface area contributed by atoms with Crippen molar-refractivity contribution in [3.05, 3.63) is 188 Å². The second-order valence-electron chi connectivity index (χ2n) is 13.7. The van der Waals surface area contributed by atoms with E-state index in [-0.39, 0.29) is 0 Å². The summed E-state index contributed by atoms with van der Waals surface area (Å²) >= 11 is 0. The van der Waals surface area contributed by atoms with E-state index in [1.165, 1.54) is 97.9 Å². The first-order valence-corrected chi connectivity index (χ1v) is 17.7. The van der Waals surface area contributed by atoms with Gasteiger partial charge in [-0.2, -0.15) is 0 Å². The standard InChI is InChI=1S/C50H31N/c1-2-17-39(18-3-1)51-47-31-46-45(30-44(47)43-27-26-34-14-8-9-19-40(34)50(43)51)48(37-24-22-32-12-4-6-15-35(32)28-37)41-20-10-11-21-42(41)49(46)38-25-23-33-13-5-7-16-36(33)29-38/h1-31H. The van der Waals surface area contributed by atoms with E-state index in [4.69, 9.17) is 0 Å². The summed E-state index contributed by atoms with van der Waals surface area (Å²) in [5.74, 6) is 0. The van der Waals surface area contributed by atoms with E-state index < -0.39 is 0 Å². The Morgan fingerprint density at radius 3 is 1.39 bits per heavy atom. The summed E-state index contributed by atoms with van der Waals surface area (Å²) in [4.78, 5) is 0. The number of para-hydroxylation sites is 1. The molecule has 1 heteroatoms. The van der Waals surface area contributed by atoms with Crippen molar-refractivity contribution < 1.29 is 0 Å². The van der Waals surface area contributed by atoms with E-state index in [9.17, 15) is 0 Å². The average molecular weight is 646 g/mol. The van der Waals surface area contributed by atoms with Crippen LogP contribution in [0.2, 0.25) is 0 Å². The van der Waals surface area contributed by atoms with Gasteiger partial charge in [0.25, 0.3) is 0 Å². The molecule has 11 aromatic rings. The maximum atomic E-state index is 2.49. The molecule has 1 nitrogen and oxygen atoms in total. The second-order valence-corrected chi connectivity index (χ2v) is 13.7. The van der Waals surface area contributed by atoms with Crippen LogP contribution in [0, 0.1) is 0 Å². The third kappa shape index (κ3) is 4.22. The molecule has 0 radical (unpaired) electrons. The molecule has 0 amide bonds. The minimum atomic E-state index is 1.16. The van der Waals surface area contributed by atoms with Crippen molar-refractivity contribution in [2.75, 3.05) is 0 Å². The first kappa shape index (κ1) is 28.2. The lowest BCUT2D eigenvalue weighted by Gasteiger charge is -2.19. The van der Waals surface area contributed by atoms with Crippen LogP contribution in [0.1, 0.15) is 0 Å². The lowest BCUT2D eigenvalue weighted by Crippen LogP contribution is -1.95. The van der Waals surface area contributed by atoms with E-state index in [0.29, 0.717) is 0 Å². The van der Waals surface area contributed by atoms with Crippen LogP contribution >= 0.6 is 0 Å². The van der Waals surface area contributed by atoms with Gasteiger partial charge in [0.05, 0.1) is 11.0 Å². The first-order valence-electron chi connectivity index (χ1n) is 17.7. The number of fused-ring (bicyclic) bond motifs is 9. The van der Waals surface area contributed by atoms with Gasteiger partial charge in [-0.25, -0.2) is 0 Å². The van der Waals surface area contributed by atoms with Crippen molar-refractivity contribution in [1.82, 2.24) is 4.57 Å². The van der Waals surface area contributed by atoms with Gasteiger partial charge in [0.2, 0.25) is 0 Å². The SMILES string of the molecule is c1ccc(-n2c3cc4c(-c5ccc6ccccc6c5)c5ccccc5c(-c5ccc6ccccc6c5)c4cc3c3ccc4ccccc4c32)cc1. The predicted molar refractivity (Wildman–Crippen MR) is 219 cm³/mol. The molecule has 0 N–H and O–H groups in total. The van der Waals surface area contributed by atoms with Gasteiger partial charge in [-0.3, -0.25) is 0 Å². The van der Waals surface area contributed by atoms with Crippen LogP contribution in [-0.2, 0) is 0 Å². The van der Waals surface area contributed by atoms with Crippen molar-refractivity contribution >= 4 is 75.7 Å². The average Bonchev–Trinajstić information content (AvgIpc) is 3.52. The van der Waals surface area contributed by atoms with Crippen LogP contribution in [0.3, 0.4) is 0 Å². The normalized spacial score (nSPS) is 11.9. The fraction of sp³-hybridized carbons (Fsp3) is 0. The van der Waals surface area contributed by atoms with Gasteiger partial charge < -0.3 is 4.57 Å². The fourth-order valence-electron chi connectivity index (χ4n) is 8.60. The Labute approximate surface area is 295 Å². The molecule has 1 heterocycles. The van der Waals surface area contributed by atoms with Crippen LogP contribution in [0.5, 0.6) is 0 Å². The number of hydrogen-bond donors (Lipinski definition) is 0. The molecule has 236 valence electrons. The molecular weight excluding hydrogens is 615 g/mol. The molecule has 1 aromatic heterocycles. The molecule has 51 heavy (non-hydrogen) atoms. The Balaban J connectivity index is 1.37. The van der Waals surface area contributed by atoms with Crippen molar-refractivity contribution in [2.24, 2.45) is 0 Å². The molecule has 0 atom stereocenters. The number of nitrogens with zero attached hydrogens (tertiary/aromatic N) is 1. The molecule has 0 saturated heterocycles. The summed E-state index contributed by atoms with van der Waals surface area (Å²) in [7, 11) is 0. The molecule has 11 rings (SSSR count). The van der Waals surface area contributed by atoms with E-state index >= 15 is 0 Å². The largest absolute Gasteiger partial charge is 0.309 e. The van der Waals surface area contributed by atoms with Crippen molar-refractivity contribution in [3.63, 3.8) is 0 Å². The van der Waals surface area contributed by atoms with E-state index in [1.54, 1.807) is 0 Å². The topological polar surface area (TPSA) is 4.93 Å². The molecule has 0 bridgehead atoms. The van der Waals surface area contributed by atoms with Gasteiger partial charge in [-0.1, -0.05) is 152 Å². The summed E-state index contributed by atoms with van der Waals surface area (Å²) in [5, 5.41) is 15.1. The van der Waals surface area contributed by atoms with Crippen LogP contribution in [0.15, 0.2) is 188 Å². The fourth-order valence-corrected chi connectivity index (χ4v) is 8.60. The molecule has 10 aromatic carbocycles. The van der Waals surface area contributed by atoms with Crippen LogP contribution < -0.4 is 0 Å². The van der Waals surface area contributed by atoms with E-state index in [0.717, 1.165) is 5.69 Å². The third-order valence-electron chi connectivity index (χ3n) is 10.9. The minimum Gasteiger partial charge on any atom is -0.309 e. The van der Waals surface area contributed by atoms with Crippen molar-refractivity contribution in [1.29, 1.82) is 0 Å². The molecule has 0 aliphatic heterocycles. The van der Waals surface area contributed by atoms with Gasteiger partial charge >= 0.3 is 0 Å². The van der Waals surface area contributed by atoms with Gasteiger partial charge in [-0.15, -0.1) is 0 Å². The van der Waals surface area contributed by atoms with E-state index in [2.05, 4.69) is 193 Å². The molecule has 0 spiro atoms. The monoisotopic (exact) mass is 645 g/mol. The number of rotatable bonds is 3. The minimum absolute atomic E-state index is 1.16. The summed E-state index contributed by atoms with van der Waals surface area (Å²) in [6.45, 7) is 0. The highest BCUT2D eigenvalue weighted by molar-refractivity contribution is 6.27. The molecule has 0 aliphatic carbocycles. The predicted octanol–water partition coefficient (Wildman–Crippen LogP) is 13.9. The van der Waals surface area contributed by atoms with Gasteiger partial charge in [0.15, 0.2) is 0 Å². The lowest BCUT2D eigenvalue weighted by molar-refractivity contribution is 1.19. The zero-order valence-electron chi connectivity index (χ0n) is 27.8. The van der Waals surface area contributed by atoms with Crippen LogP contribution in [-0.4, -0.2) is 4.57 Å². The Morgan fingerprint density at radius 2 is 0.765 bits per heavy atom. The quantitative estimate of drug-likeness (QED) is 0.169. The Hall–Kier alpha value is -6.70. The summed E-state index contributed by atoms with van der Waals surface area (Å²) in [5.41, 5.74) is 8.63. The molecular formula is C50H31N. The third-order valence-corrected chi connectivity index (χ3v) is 10.9. The highest BCUT2D eigenvalue weighted by Crippen LogP contribution is 2.48. The Bertz CT molecular complexity index is 3180. The zero-order valence-corrected chi connectivity index (χ0v) is 27.8. The van der Waals surface area contributed by atoms with Crippen LogP contribution in [0.4, 0.5) is 0 Å². The first-order chi connectivity index (χ1) is 25.3. The number of benzene rings is 10. The number of aromatic nitrogens is 1. The maximum Gasteiger partial charge on any atom is 0.0619 e. The van der Waals surface area contributed by atoms with E-state index in [1.807, 2.05) is 0 Å². The van der Waals surface area contributed by atoms with Crippen LogP contribution in [0.25, 0.3) is 104 Å².